The van der Waals surface area contributed by atoms with E-state index in [2.05, 4.69) is 20.5 Å². The minimum atomic E-state index is -1.01. The van der Waals surface area contributed by atoms with E-state index >= 15 is 0 Å². The first-order chi connectivity index (χ1) is 12.1. The lowest BCUT2D eigenvalue weighted by atomic mass is 10.1. The van der Waals surface area contributed by atoms with E-state index in [0.717, 1.165) is 42.3 Å². The fourth-order valence-corrected chi connectivity index (χ4v) is 3.36. The van der Waals surface area contributed by atoms with Crippen LogP contribution in [0, 0.1) is 0 Å². The van der Waals surface area contributed by atoms with Crippen molar-refractivity contribution in [1.82, 2.24) is 15.2 Å². The summed E-state index contributed by atoms with van der Waals surface area (Å²) in [4.78, 5) is 26.5. The van der Waals surface area contributed by atoms with Gasteiger partial charge in [-0.25, -0.2) is 4.79 Å². The number of carboxylic acid groups (broad SMARTS) is 1. The molecule has 0 unspecified atom stereocenters. The first-order valence-corrected chi connectivity index (χ1v) is 8.35. The van der Waals surface area contributed by atoms with Crippen LogP contribution in [-0.4, -0.2) is 32.2 Å². The zero-order valence-corrected chi connectivity index (χ0v) is 13.6. The van der Waals surface area contributed by atoms with E-state index in [4.69, 9.17) is 5.11 Å². The number of aryl methyl sites for hydroxylation is 1. The molecule has 0 aliphatic heterocycles. The largest absolute Gasteiger partial charge is 0.477 e. The van der Waals surface area contributed by atoms with Gasteiger partial charge in [-0.2, -0.15) is 5.10 Å². The molecule has 0 fully saturated rings. The van der Waals surface area contributed by atoms with Gasteiger partial charge in [0.15, 0.2) is 5.69 Å². The Labute approximate surface area is 143 Å². The van der Waals surface area contributed by atoms with Crippen molar-refractivity contribution in [2.24, 2.45) is 0 Å². The second-order valence-electron chi connectivity index (χ2n) is 6.33. The number of carboxylic acids is 1. The number of aromatic carboxylic acids is 1. The van der Waals surface area contributed by atoms with Gasteiger partial charge in [-0.1, -0.05) is 6.42 Å². The van der Waals surface area contributed by atoms with Crippen LogP contribution in [0.2, 0.25) is 0 Å². The van der Waals surface area contributed by atoms with Gasteiger partial charge in [-0.05, 0) is 49.9 Å². The lowest BCUT2D eigenvalue weighted by Gasteiger charge is -2.05. The molecule has 1 aliphatic rings. The molecular weight excluding hydrogens is 320 g/mol. The summed E-state index contributed by atoms with van der Waals surface area (Å²) < 4.78 is 0. The highest BCUT2D eigenvalue weighted by atomic mass is 16.4. The van der Waals surface area contributed by atoms with Crippen LogP contribution in [0.15, 0.2) is 24.3 Å². The summed E-state index contributed by atoms with van der Waals surface area (Å²) in [6, 6.07) is 6.80. The quantitative estimate of drug-likeness (QED) is 0.550. The predicted molar refractivity (Wildman–Crippen MR) is 93.1 cm³/mol. The molecule has 2 heterocycles. The highest BCUT2D eigenvalue weighted by Gasteiger charge is 2.21. The van der Waals surface area contributed by atoms with Crippen molar-refractivity contribution in [3.63, 3.8) is 0 Å². The zero-order chi connectivity index (χ0) is 17.4. The van der Waals surface area contributed by atoms with Gasteiger partial charge in [0.1, 0.15) is 5.69 Å². The first kappa shape index (κ1) is 15.4. The molecule has 128 valence electrons. The number of carbonyl (C=O) groups excluding carboxylic acids is 1. The molecular formula is C18H18N4O3. The van der Waals surface area contributed by atoms with Gasteiger partial charge in [-0.15, -0.1) is 0 Å². The number of anilines is 1. The van der Waals surface area contributed by atoms with Crippen molar-refractivity contribution >= 4 is 28.5 Å². The maximum atomic E-state index is 12.6. The maximum Gasteiger partial charge on any atom is 0.352 e. The molecule has 4 rings (SSSR count). The molecule has 1 aliphatic carbocycles. The van der Waals surface area contributed by atoms with Crippen LogP contribution in [0.1, 0.15) is 51.5 Å². The normalized spacial score (nSPS) is 14.1. The average Bonchev–Trinajstić information content (AvgIpc) is 3.12. The summed E-state index contributed by atoms with van der Waals surface area (Å²) in [6.45, 7) is 0. The monoisotopic (exact) mass is 338 g/mol. The van der Waals surface area contributed by atoms with Crippen molar-refractivity contribution in [3.05, 3.63) is 46.9 Å². The molecule has 3 aromatic rings. The summed E-state index contributed by atoms with van der Waals surface area (Å²) >= 11 is 0. The number of hydrogen-bond acceptors (Lipinski definition) is 3. The number of fused-ring (bicyclic) bond motifs is 2. The summed E-state index contributed by atoms with van der Waals surface area (Å²) in [6.07, 6.45) is 5.16. The van der Waals surface area contributed by atoms with Gasteiger partial charge in [0, 0.05) is 27.8 Å². The number of aromatic nitrogens is 3. The second kappa shape index (κ2) is 6.08. The minimum absolute atomic E-state index is 0.121. The van der Waals surface area contributed by atoms with Gasteiger partial charge in [0.25, 0.3) is 5.91 Å². The van der Waals surface area contributed by atoms with Crippen LogP contribution in [0.5, 0.6) is 0 Å². The number of aromatic amines is 2. The van der Waals surface area contributed by atoms with Crippen molar-refractivity contribution in [2.75, 3.05) is 5.32 Å². The molecule has 7 nitrogen and oxygen atoms in total. The maximum absolute atomic E-state index is 12.6. The van der Waals surface area contributed by atoms with Crippen LogP contribution < -0.4 is 5.32 Å². The summed E-state index contributed by atoms with van der Waals surface area (Å²) in [7, 11) is 0. The highest BCUT2D eigenvalue weighted by molar-refractivity contribution is 6.05. The lowest BCUT2D eigenvalue weighted by Crippen LogP contribution is -2.14. The van der Waals surface area contributed by atoms with Gasteiger partial charge in [0.05, 0.1) is 0 Å². The standard InChI is InChI=1S/C18H18N4O3/c23-17(16-12-4-2-1-3-5-14(12)21-22-16)19-11-6-7-13-10(8-11)9-15(20-13)18(24)25/h6-9,20H,1-5H2,(H,19,23)(H,21,22)(H,24,25). The number of rotatable bonds is 3. The predicted octanol–water partition coefficient (Wildman–Crippen LogP) is 3.11. The molecule has 0 saturated heterocycles. The highest BCUT2D eigenvalue weighted by Crippen LogP contribution is 2.24. The van der Waals surface area contributed by atoms with E-state index in [-0.39, 0.29) is 11.6 Å². The Morgan fingerprint density at radius 1 is 1.12 bits per heavy atom. The Hall–Kier alpha value is -3.09. The first-order valence-electron chi connectivity index (χ1n) is 8.35. The number of carbonyl (C=O) groups is 2. The third kappa shape index (κ3) is 2.88. The Bertz CT molecular complexity index is 970. The van der Waals surface area contributed by atoms with E-state index in [1.165, 1.54) is 6.42 Å². The smallest absolute Gasteiger partial charge is 0.352 e. The molecule has 1 amide bonds. The molecule has 7 heteroatoms. The molecule has 1 aromatic carbocycles. The van der Waals surface area contributed by atoms with E-state index < -0.39 is 5.97 Å². The number of H-pyrrole nitrogens is 2. The van der Waals surface area contributed by atoms with Crippen LogP contribution in [0.3, 0.4) is 0 Å². The van der Waals surface area contributed by atoms with E-state index in [1.807, 2.05) is 0 Å². The number of hydrogen-bond donors (Lipinski definition) is 4. The Morgan fingerprint density at radius 2 is 1.96 bits per heavy atom. The number of nitrogens with one attached hydrogen (secondary N) is 3. The van der Waals surface area contributed by atoms with Gasteiger partial charge in [0.2, 0.25) is 0 Å². The summed E-state index contributed by atoms with van der Waals surface area (Å²) in [5.41, 5.74) is 3.98. The van der Waals surface area contributed by atoms with E-state index in [0.29, 0.717) is 16.9 Å². The van der Waals surface area contributed by atoms with Crippen molar-refractivity contribution in [3.8, 4) is 0 Å². The molecule has 0 spiro atoms. The van der Waals surface area contributed by atoms with Gasteiger partial charge >= 0.3 is 5.97 Å². The number of nitrogens with zero attached hydrogens (tertiary/aromatic N) is 1. The average molecular weight is 338 g/mol. The van der Waals surface area contributed by atoms with Crippen LogP contribution in [-0.2, 0) is 12.8 Å². The topological polar surface area (TPSA) is 111 Å². The number of benzene rings is 1. The van der Waals surface area contributed by atoms with Crippen molar-refractivity contribution in [2.45, 2.75) is 32.1 Å². The molecule has 4 N–H and O–H groups in total. The van der Waals surface area contributed by atoms with E-state index in [9.17, 15) is 9.59 Å². The van der Waals surface area contributed by atoms with Crippen LogP contribution >= 0.6 is 0 Å². The second-order valence-corrected chi connectivity index (χ2v) is 6.33. The molecule has 0 saturated carbocycles. The molecule has 25 heavy (non-hydrogen) atoms. The van der Waals surface area contributed by atoms with Gasteiger partial charge < -0.3 is 15.4 Å². The van der Waals surface area contributed by atoms with Crippen LogP contribution in [0.25, 0.3) is 10.9 Å². The molecule has 0 atom stereocenters. The van der Waals surface area contributed by atoms with Crippen molar-refractivity contribution < 1.29 is 14.7 Å². The number of amides is 1. The molecule has 2 aromatic heterocycles. The molecule has 0 radical (unpaired) electrons. The SMILES string of the molecule is O=C(O)c1cc2cc(NC(=O)c3n[nH]c4c3CCCCC4)ccc2[nH]1. The van der Waals surface area contributed by atoms with E-state index in [1.54, 1.807) is 24.3 Å². The van der Waals surface area contributed by atoms with Crippen molar-refractivity contribution in [1.29, 1.82) is 0 Å². The minimum Gasteiger partial charge on any atom is -0.477 e. The fourth-order valence-electron chi connectivity index (χ4n) is 3.36. The summed E-state index contributed by atoms with van der Waals surface area (Å²) in [5.74, 6) is -1.26. The van der Waals surface area contributed by atoms with Gasteiger partial charge in [-0.3, -0.25) is 9.89 Å². The Balaban J connectivity index is 1.59. The van der Waals surface area contributed by atoms with Crippen LogP contribution in [0.4, 0.5) is 5.69 Å². The summed E-state index contributed by atoms with van der Waals surface area (Å²) in [5, 5.41) is 19.8. The third-order valence-electron chi connectivity index (χ3n) is 4.63. The third-order valence-corrected chi connectivity index (χ3v) is 4.63. The Morgan fingerprint density at radius 3 is 2.80 bits per heavy atom. The zero-order valence-electron chi connectivity index (χ0n) is 13.6. The molecule has 0 bridgehead atoms. The Kier molecular flexibility index (Phi) is 3.76. The fraction of sp³-hybridized carbons (Fsp3) is 0.278. The lowest BCUT2D eigenvalue weighted by molar-refractivity contribution is 0.0691.